The van der Waals surface area contributed by atoms with Crippen LogP contribution in [-0.2, 0) is 19.8 Å². The zero-order valence-corrected chi connectivity index (χ0v) is 15.3. The third kappa shape index (κ3) is 4.11. The van der Waals surface area contributed by atoms with Gasteiger partial charge in [0.25, 0.3) is 0 Å². The summed E-state index contributed by atoms with van der Waals surface area (Å²) in [6.45, 7) is 2.47. The van der Waals surface area contributed by atoms with Gasteiger partial charge < -0.3 is 14.2 Å². The van der Waals surface area contributed by atoms with Crippen molar-refractivity contribution in [3.05, 3.63) is 108 Å². The van der Waals surface area contributed by atoms with E-state index < -0.39 is 5.60 Å². The molecule has 1 fully saturated rings. The van der Waals surface area contributed by atoms with Crippen LogP contribution in [0.4, 0.5) is 0 Å². The van der Waals surface area contributed by atoms with Gasteiger partial charge in [-0.3, -0.25) is 0 Å². The van der Waals surface area contributed by atoms with Gasteiger partial charge in [-0.05, 0) is 16.7 Å². The van der Waals surface area contributed by atoms with Crippen LogP contribution >= 0.6 is 0 Å². The Hall–Kier alpha value is -2.46. The fourth-order valence-electron chi connectivity index (χ4n) is 3.40. The molecule has 0 aromatic heterocycles. The lowest BCUT2D eigenvalue weighted by Crippen LogP contribution is -2.34. The Bertz CT molecular complexity index is 717. The topological polar surface area (TPSA) is 31.0 Å². The third-order valence-electron chi connectivity index (χ3n) is 4.79. The number of epoxide rings is 1. The summed E-state index contributed by atoms with van der Waals surface area (Å²) >= 11 is 0. The smallest absolute Gasteiger partial charge is 0.143 e. The Morgan fingerprint density at radius 1 is 0.704 bits per heavy atom. The first-order valence-electron chi connectivity index (χ1n) is 9.39. The van der Waals surface area contributed by atoms with Gasteiger partial charge in [0.15, 0.2) is 0 Å². The molecule has 0 unspecified atom stereocenters. The molecule has 0 bridgehead atoms. The van der Waals surface area contributed by atoms with E-state index in [9.17, 15) is 0 Å². The molecule has 3 aromatic rings. The molecule has 3 heteroatoms. The number of ether oxygens (including phenoxy) is 3. The average molecular weight is 360 g/mol. The summed E-state index contributed by atoms with van der Waals surface area (Å²) in [5, 5.41) is 0. The highest BCUT2D eigenvalue weighted by Gasteiger charge is 2.37. The zero-order valence-electron chi connectivity index (χ0n) is 15.3. The minimum Gasteiger partial charge on any atom is -0.376 e. The van der Waals surface area contributed by atoms with Crippen LogP contribution in [0, 0.1) is 0 Å². The molecule has 3 nitrogen and oxygen atoms in total. The Balaban J connectivity index is 1.69. The van der Waals surface area contributed by atoms with E-state index in [0.717, 1.165) is 23.3 Å². The van der Waals surface area contributed by atoms with Crippen LogP contribution in [0.1, 0.15) is 16.7 Å². The molecule has 0 aliphatic carbocycles. The van der Waals surface area contributed by atoms with E-state index in [-0.39, 0.29) is 6.10 Å². The van der Waals surface area contributed by atoms with Gasteiger partial charge in [0.2, 0.25) is 0 Å². The molecular weight excluding hydrogens is 336 g/mol. The summed E-state index contributed by atoms with van der Waals surface area (Å²) in [6.07, 6.45) is 0.270. The van der Waals surface area contributed by atoms with Gasteiger partial charge in [0.05, 0.1) is 26.4 Å². The molecular formula is C24H24O3. The second-order valence-corrected chi connectivity index (χ2v) is 6.66. The van der Waals surface area contributed by atoms with Crippen molar-refractivity contribution in [1.82, 2.24) is 0 Å². The molecule has 138 valence electrons. The van der Waals surface area contributed by atoms with E-state index >= 15 is 0 Å². The molecule has 1 aliphatic rings. The van der Waals surface area contributed by atoms with Crippen LogP contribution in [-0.4, -0.2) is 32.5 Å². The van der Waals surface area contributed by atoms with Gasteiger partial charge in [0, 0.05) is 0 Å². The maximum Gasteiger partial charge on any atom is 0.143 e. The van der Waals surface area contributed by atoms with Crippen molar-refractivity contribution in [1.29, 1.82) is 0 Å². The van der Waals surface area contributed by atoms with E-state index in [1.54, 1.807) is 0 Å². The lowest BCUT2D eigenvalue weighted by atomic mass is 9.80. The largest absolute Gasteiger partial charge is 0.376 e. The molecule has 1 aliphatic heterocycles. The summed E-state index contributed by atoms with van der Waals surface area (Å²) in [7, 11) is 0. The van der Waals surface area contributed by atoms with Crippen LogP contribution in [0.15, 0.2) is 91.0 Å². The molecule has 4 rings (SSSR count). The van der Waals surface area contributed by atoms with E-state index in [2.05, 4.69) is 72.8 Å². The molecule has 0 amide bonds. The SMILES string of the molecule is c1ccc(C(OCCOC[C@H]2CO2)(c2ccccc2)c2ccccc2)cc1. The van der Waals surface area contributed by atoms with Crippen molar-refractivity contribution in [3.63, 3.8) is 0 Å². The molecule has 27 heavy (non-hydrogen) atoms. The quantitative estimate of drug-likeness (QED) is 0.322. The Morgan fingerprint density at radius 3 is 1.56 bits per heavy atom. The molecule has 0 radical (unpaired) electrons. The van der Waals surface area contributed by atoms with Gasteiger partial charge in [-0.2, -0.15) is 0 Å². The molecule has 1 heterocycles. The van der Waals surface area contributed by atoms with E-state index in [1.165, 1.54) is 0 Å². The normalized spacial score (nSPS) is 16.2. The van der Waals surface area contributed by atoms with E-state index in [1.807, 2.05) is 18.2 Å². The second-order valence-electron chi connectivity index (χ2n) is 6.66. The summed E-state index contributed by atoms with van der Waals surface area (Å²) in [6, 6.07) is 31.2. The molecule has 0 N–H and O–H groups in total. The van der Waals surface area contributed by atoms with Crippen LogP contribution in [0.2, 0.25) is 0 Å². The second kappa shape index (κ2) is 8.49. The minimum absolute atomic E-state index is 0.270. The highest BCUT2D eigenvalue weighted by Crippen LogP contribution is 2.40. The maximum absolute atomic E-state index is 6.62. The zero-order chi connectivity index (χ0) is 18.4. The predicted octanol–water partition coefficient (Wildman–Crippen LogP) is 4.41. The van der Waals surface area contributed by atoms with Gasteiger partial charge in [-0.15, -0.1) is 0 Å². The van der Waals surface area contributed by atoms with Crippen molar-refractivity contribution in [2.75, 3.05) is 26.4 Å². The monoisotopic (exact) mass is 360 g/mol. The Morgan fingerprint density at radius 2 is 1.15 bits per heavy atom. The summed E-state index contributed by atoms with van der Waals surface area (Å²) in [5.74, 6) is 0. The first-order valence-corrected chi connectivity index (χ1v) is 9.39. The molecule has 0 spiro atoms. The Labute approximate surface area is 160 Å². The highest BCUT2D eigenvalue weighted by molar-refractivity contribution is 5.47. The molecule has 0 saturated carbocycles. The number of benzene rings is 3. The van der Waals surface area contributed by atoms with Crippen LogP contribution in [0.25, 0.3) is 0 Å². The van der Waals surface area contributed by atoms with Gasteiger partial charge in [0.1, 0.15) is 11.7 Å². The minimum atomic E-state index is -0.677. The van der Waals surface area contributed by atoms with Crippen molar-refractivity contribution in [3.8, 4) is 0 Å². The van der Waals surface area contributed by atoms with Crippen LogP contribution in [0.5, 0.6) is 0 Å². The van der Waals surface area contributed by atoms with Crippen molar-refractivity contribution >= 4 is 0 Å². The molecule has 1 atom stereocenters. The summed E-state index contributed by atoms with van der Waals surface area (Å²) < 4.78 is 17.5. The fraction of sp³-hybridized carbons (Fsp3) is 0.250. The fourth-order valence-corrected chi connectivity index (χ4v) is 3.40. The summed E-state index contributed by atoms with van der Waals surface area (Å²) in [5.41, 5.74) is 2.64. The van der Waals surface area contributed by atoms with Crippen LogP contribution in [0.3, 0.4) is 0 Å². The van der Waals surface area contributed by atoms with Crippen molar-refractivity contribution < 1.29 is 14.2 Å². The van der Waals surface area contributed by atoms with Crippen LogP contribution < -0.4 is 0 Å². The maximum atomic E-state index is 6.62. The lowest BCUT2D eigenvalue weighted by molar-refractivity contribution is -0.0256. The number of rotatable bonds is 9. The standard InChI is InChI=1S/C24H24O3/c1-4-10-20(11-5-1)24(21-12-6-2-7-13-21,22-14-8-3-9-15-22)27-17-16-25-18-23-19-26-23/h1-15,23H,16-19H2/t23-/m0/s1. The predicted molar refractivity (Wildman–Crippen MR) is 106 cm³/mol. The van der Waals surface area contributed by atoms with Crippen molar-refractivity contribution in [2.45, 2.75) is 11.7 Å². The van der Waals surface area contributed by atoms with Gasteiger partial charge >= 0.3 is 0 Å². The van der Waals surface area contributed by atoms with Gasteiger partial charge in [-0.1, -0.05) is 91.0 Å². The first-order chi connectivity index (χ1) is 13.4. The lowest BCUT2D eigenvalue weighted by Gasteiger charge is -2.36. The molecule has 1 saturated heterocycles. The summed E-state index contributed by atoms with van der Waals surface area (Å²) in [4.78, 5) is 0. The highest BCUT2D eigenvalue weighted by atomic mass is 16.6. The number of hydrogen-bond acceptors (Lipinski definition) is 3. The van der Waals surface area contributed by atoms with E-state index in [0.29, 0.717) is 19.8 Å². The van der Waals surface area contributed by atoms with E-state index in [4.69, 9.17) is 14.2 Å². The average Bonchev–Trinajstić information content (AvgIpc) is 3.57. The van der Waals surface area contributed by atoms with Crippen molar-refractivity contribution in [2.24, 2.45) is 0 Å². The Kier molecular flexibility index (Phi) is 5.64. The number of hydrogen-bond donors (Lipinski definition) is 0. The van der Waals surface area contributed by atoms with Gasteiger partial charge in [-0.25, -0.2) is 0 Å². The molecule has 3 aromatic carbocycles. The first kappa shape index (κ1) is 17.9. The third-order valence-corrected chi connectivity index (χ3v) is 4.79.